The summed E-state index contributed by atoms with van der Waals surface area (Å²) in [6.45, 7) is 2.27. The highest BCUT2D eigenvalue weighted by Crippen LogP contribution is 2.18. The number of carbonyl (C=O) groups is 2. The zero-order chi connectivity index (χ0) is 15.9. The lowest BCUT2D eigenvalue weighted by molar-refractivity contribution is 0.0506. The Kier molecular flexibility index (Phi) is 5.60. The third-order valence-corrected chi connectivity index (χ3v) is 3.85. The molecule has 2 rings (SSSR count). The lowest BCUT2D eigenvalue weighted by atomic mass is 10.3. The van der Waals surface area contributed by atoms with Crippen molar-refractivity contribution in [3.05, 3.63) is 48.0 Å². The van der Waals surface area contributed by atoms with E-state index in [4.69, 9.17) is 4.74 Å². The van der Waals surface area contributed by atoms with E-state index in [1.54, 1.807) is 18.7 Å². The molecule has 0 aliphatic carbocycles. The minimum absolute atomic E-state index is 0.132. The molecule has 0 saturated heterocycles. The maximum atomic E-state index is 11.7. The number of carboxylic acids is 1. The molecule has 2 aromatic rings. The molecule has 0 spiro atoms. The summed E-state index contributed by atoms with van der Waals surface area (Å²) in [5.41, 5.74) is -0.286. The summed E-state index contributed by atoms with van der Waals surface area (Å²) in [7, 11) is 0. The average Bonchev–Trinajstić information content (AvgIpc) is 2.93. The van der Waals surface area contributed by atoms with Crippen LogP contribution in [0.3, 0.4) is 0 Å². The van der Waals surface area contributed by atoms with Gasteiger partial charge in [0.25, 0.3) is 0 Å². The predicted molar refractivity (Wildman–Crippen MR) is 82.3 cm³/mol. The minimum atomic E-state index is -1.19. The Bertz CT molecular complexity index is 655. The zero-order valence-electron chi connectivity index (χ0n) is 12.1. The number of imidazole rings is 1. The third-order valence-electron chi connectivity index (χ3n) is 2.85. The molecule has 0 radical (unpaired) electrons. The van der Waals surface area contributed by atoms with Crippen molar-refractivity contribution in [1.82, 2.24) is 9.55 Å². The molecule has 1 N–H and O–H groups in total. The monoisotopic (exact) mass is 320 g/mol. The van der Waals surface area contributed by atoms with Gasteiger partial charge in [-0.3, -0.25) is 0 Å². The fourth-order valence-corrected chi connectivity index (χ4v) is 2.78. The summed E-state index contributed by atoms with van der Waals surface area (Å²) in [6, 6.07) is 9.80. The van der Waals surface area contributed by atoms with E-state index in [1.807, 2.05) is 30.3 Å². The molecule has 0 bridgehead atoms. The summed E-state index contributed by atoms with van der Waals surface area (Å²) >= 11 is 1.61. The quantitative estimate of drug-likeness (QED) is 0.624. The summed E-state index contributed by atoms with van der Waals surface area (Å²) < 4.78 is 6.29. The van der Waals surface area contributed by atoms with Crippen LogP contribution in [0.4, 0.5) is 0 Å². The van der Waals surface area contributed by atoms with Crippen molar-refractivity contribution in [2.45, 2.75) is 18.4 Å². The van der Waals surface area contributed by atoms with Crippen molar-refractivity contribution >= 4 is 23.7 Å². The van der Waals surface area contributed by atoms with Gasteiger partial charge < -0.3 is 14.4 Å². The first kappa shape index (κ1) is 16.1. The molecule has 0 amide bonds. The van der Waals surface area contributed by atoms with Crippen molar-refractivity contribution in [2.24, 2.45) is 0 Å². The molecule has 6 nitrogen and oxygen atoms in total. The molecule has 0 saturated carbocycles. The molecule has 0 fully saturated rings. The second-order valence-electron chi connectivity index (χ2n) is 4.32. The average molecular weight is 320 g/mol. The first-order valence-corrected chi connectivity index (χ1v) is 7.75. The predicted octanol–water partition coefficient (Wildman–Crippen LogP) is 2.55. The standard InChI is InChI=1S/C15H16N2O4S/c1-2-21-15(20)12-13(14(18)19)17(10-16-12)8-9-22-11-6-4-3-5-7-11/h3-7,10H,2,8-9H2,1H3,(H,18,19). The number of carbonyl (C=O) groups excluding carboxylic acids is 1. The Morgan fingerprint density at radius 1 is 1.32 bits per heavy atom. The van der Waals surface area contributed by atoms with Crippen LogP contribution in [0.25, 0.3) is 0 Å². The number of aryl methyl sites for hydroxylation is 1. The zero-order valence-corrected chi connectivity index (χ0v) is 12.9. The van der Waals surface area contributed by atoms with Gasteiger partial charge in [-0.25, -0.2) is 14.6 Å². The van der Waals surface area contributed by atoms with Crippen molar-refractivity contribution < 1.29 is 19.4 Å². The Morgan fingerprint density at radius 3 is 2.68 bits per heavy atom. The molecule has 1 aromatic carbocycles. The van der Waals surface area contributed by atoms with Gasteiger partial charge in [-0.1, -0.05) is 18.2 Å². The fraction of sp³-hybridized carbons (Fsp3) is 0.267. The molecular formula is C15H16N2O4S. The number of benzene rings is 1. The number of thioether (sulfide) groups is 1. The van der Waals surface area contributed by atoms with Gasteiger partial charge in [0.05, 0.1) is 12.9 Å². The minimum Gasteiger partial charge on any atom is -0.476 e. The topological polar surface area (TPSA) is 81.4 Å². The normalized spacial score (nSPS) is 10.4. The SMILES string of the molecule is CCOC(=O)c1ncn(CCSc2ccccc2)c1C(=O)O. The molecule has 116 valence electrons. The summed E-state index contributed by atoms with van der Waals surface area (Å²) in [6.07, 6.45) is 1.36. The van der Waals surface area contributed by atoms with Crippen LogP contribution < -0.4 is 0 Å². The Hall–Kier alpha value is -2.28. The summed E-state index contributed by atoms with van der Waals surface area (Å²) in [5, 5.41) is 9.29. The van der Waals surface area contributed by atoms with Gasteiger partial charge in [-0.2, -0.15) is 0 Å². The van der Waals surface area contributed by atoms with E-state index >= 15 is 0 Å². The first-order valence-electron chi connectivity index (χ1n) is 6.77. The smallest absolute Gasteiger partial charge is 0.359 e. The number of aromatic nitrogens is 2. The number of hydrogen-bond donors (Lipinski definition) is 1. The lowest BCUT2D eigenvalue weighted by Crippen LogP contribution is -2.15. The second kappa shape index (κ2) is 7.65. The van der Waals surface area contributed by atoms with Gasteiger partial charge in [-0.05, 0) is 19.1 Å². The largest absolute Gasteiger partial charge is 0.476 e. The highest BCUT2D eigenvalue weighted by atomic mass is 32.2. The summed E-state index contributed by atoms with van der Waals surface area (Å²) in [5.74, 6) is -1.23. The van der Waals surface area contributed by atoms with Crippen LogP contribution in [-0.2, 0) is 11.3 Å². The van der Waals surface area contributed by atoms with E-state index in [-0.39, 0.29) is 18.0 Å². The molecule has 22 heavy (non-hydrogen) atoms. The number of hydrogen-bond acceptors (Lipinski definition) is 5. The van der Waals surface area contributed by atoms with Crippen LogP contribution in [0.1, 0.15) is 27.9 Å². The Balaban J connectivity index is 2.07. The van der Waals surface area contributed by atoms with E-state index in [2.05, 4.69) is 4.98 Å². The molecule has 0 atom stereocenters. The number of ether oxygens (including phenoxy) is 1. The third kappa shape index (κ3) is 3.88. The molecule has 0 unspecified atom stereocenters. The first-order chi connectivity index (χ1) is 10.6. The highest BCUT2D eigenvalue weighted by molar-refractivity contribution is 7.99. The number of nitrogens with zero attached hydrogens (tertiary/aromatic N) is 2. The van der Waals surface area contributed by atoms with E-state index in [0.29, 0.717) is 12.3 Å². The van der Waals surface area contributed by atoms with Crippen LogP contribution >= 0.6 is 11.8 Å². The highest BCUT2D eigenvalue weighted by Gasteiger charge is 2.24. The maximum absolute atomic E-state index is 11.7. The van der Waals surface area contributed by atoms with Gasteiger partial charge in [-0.15, -0.1) is 11.8 Å². The van der Waals surface area contributed by atoms with Crippen LogP contribution in [0, 0.1) is 0 Å². The van der Waals surface area contributed by atoms with E-state index in [1.165, 1.54) is 10.9 Å². The van der Waals surface area contributed by atoms with Gasteiger partial charge >= 0.3 is 11.9 Å². The molecule has 1 aromatic heterocycles. The number of esters is 1. The van der Waals surface area contributed by atoms with E-state index < -0.39 is 11.9 Å². The Labute approximate surface area is 132 Å². The summed E-state index contributed by atoms with van der Waals surface area (Å²) in [4.78, 5) is 28.1. The van der Waals surface area contributed by atoms with Crippen molar-refractivity contribution in [2.75, 3.05) is 12.4 Å². The number of rotatable bonds is 7. The molecule has 0 aliphatic heterocycles. The van der Waals surface area contributed by atoms with E-state index in [0.717, 1.165) is 4.90 Å². The van der Waals surface area contributed by atoms with Crippen LogP contribution in [0.15, 0.2) is 41.6 Å². The van der Waals surface area contributed by atoms with Crippen molar-refractivity contribution in [3.63, 3.8) is 0 Å². The van der Waals surface area contributed by atoms with Crippen LogP contribution in [0.2, 0.25) is 0 Å². The van der Waals surface area contributed by atoms with Crippen LogP contribution in [-0.4, -0.2) is 39.0 Å². The Morgan fingerprint density at radius 2 is 2.05 bits per heavy atom. The van der Waals surface area contributed by atoms with Crippen molar-refractivity contribution in [1.29, 1.82) is 0 Å². The fourth-order valence-electron chi connectivity index (χ4n) is 1.90. The van der Waals surface area contributed by atoms with Gasteiger partial charge in [0.1, 0.15) is 0 Å². The number of aromatic carboxylic acids is 1. The van der Waals surface area contributed by atoms with Crippen molar-refractivity contribution in [3.8, 4) is 0 Å². The lowest BCUT2D eigenvalue weighted by Gasteiger charge is -2.06. The molecule has 7 heteroatoms. The van der Waals surface area contributed by atoms with Gasteiger partial charge in [0, 0.05) is 17.2 Å². The molecular weight excluding hydrogens is 304 g/mol. The van der Waals surface area contributed by atoms with Gasteiger partial charge in [0.2, 0.25) is 0 Å². The van der Waals surface area contributed by atoms with Crippen LogP contribution in [0.5, 0.6) is 0 Å². The number of carboxylic acid groups (broad SMARTS) is 1. The maximum Gasteiger partial charge on any atom is 0.359 e. The molecule has 0 aliphatic rings. The van der Waals surface area contributed by atoms with Gasteiger partial charge in [0.15, 0.2) is 11.4 Å². The second-order valence-corrected chi connectivity index (χ2v) is 5.49. The van der Waals surface area contributed by atoms with E-state index in [9.17, 15) is 14.7 Å². The molecule has 1 heterocycles.